The number of amides is 1. The minimum atomic E-state index is -0.0969. The van der Waals surface area contributed by atoms with Gasteiger partial charge in [-0.05, 0) is 35.7 Å². The summed E-state index contributed by atoms with van der Waals surface area (Å²) < 4.78 is 10.5. The third kappa shape index (κ3) is 4.03. The van der Waals surface area contributed by atoms with E-state index in [1.165, 1.54) is 5.56 Å². The molecule has 1 amide bonds. The minimum Gasteiger partial charge on any atom is -0.497 e. The predicted octanol–water partition coefficient (Wildman–Crippen LogP) is 3.54. The maximum absolute atomic E-state index is 12.7. The number of methoxy groups -OCH3 is 2. The summed E-state index contributed by atoms with van der Waals surface area (Å²) in [6.07, 6.45) is 1.01. The van der Waals surface area contributed by atoms with E-state index in [9.17, 15) is 4.79 Å². The molecule has 2 rings (SSSR count). The summed E-state index contributed by atoms with van der Waals surface area (Å²) in [5.41, 5.74) is 2.89. The van der Waals surface area contributed by atoms with Gasteiger partial charge in [-0.3, -0.25) is 4.79 Å². The van der Waals surface area contributed by atoms with Crippen LogP contribution in [0.2, 0.25) is 0 Å². The molecule has 0 aliphatic heterocycles. The molecule has 0 spiro atoms. The van der Waals surface area contributed by atoms with Gasteiger partial charge in [-0.1, -0.05) is 31.2 Å². The van der Waals surface area contributed by atoms with Crippen LogP contribution in [-0.2, 0) is 13.0 Å². The second-order valence-corrected chi connectivity index (χ2v) is 5.40. The van der Waals surface area contributed by atoms with E-state index < -0.39 is 0 Å². The Morgan fingerprint density at radius 2 is 1.65 bits per heavy atom. The van der Waals surface area contributed by atoms with Gasteiger partial charge in [-0.25, -0.2) is 0 Å². The lowest BCUT2D eigenvalue weighted by molar-refractivity contribution is 0.0781. The normalized spacial score (nSPS) is 10.3. The zero-order chi connectivity index (χ0) is 16.8. The van der Waals surface area contributed by atoms with Crippen molar-refractivity contribution in [2.45, 2.75) is 19.9 Å². The number of aryl methyl sites for hydroxylation is 1. The molecular formula is C19H23NO3. The molecule has 0 saturated heterocycles. The van der Waals surface area contributed by atoms with Crippen LogP contribution < -0.4 is 9.47 Å². The number of hydrogen-bond acceptors (Lipinski definition) is 3. The van der Waals surface area contributed by atoms with Crippen LogP contribution in [0.3, 0.4) is 0 Å². The molecule has 0 atom stereocenters. The molecule has 122 valence electrons. The van der Waals surface area contributed by atoms with Crippen molar-refractivity contribution in [3.8, 4) is 11.5 Å². The minimum absolute atomic E-state index is 0.0969. The molecule has 0 saturated carbocycles. The van der Waals surface area contributed by atoms with Gasteiger partial charge in [0.1, 0.15) is 11.5 Å². The summed E-state index contributed by atoms with van der Waals surface area (Å²) in [6, 6.07) is 13.5. The van der Waals surface area contributed by atoms with Gasteiger partial charge in [0.05, 0.1) is 19.8 Å². The lowest BCUT2D eigenvalue weighted by Gasteiger charge is -2.19. The first kappa shape index (κ1) is 16.9. The topological polar surface area (TPSA) is 38.8 Å². The third-order valence-corrected chi connectivity index (χ3v) is 3.83. The van der Waals surface area contributed by atoms with Gasteiger partial charge < -0.3 is 14.4 Å². The van der Waals surface area contributed by atoms with Crippen LogP contribution in [0.4, 0.5) is 0 Å². The molecule has 0 heterocycles. The average Bonchev–Trinajstić information content (AvgIpc) is 2.61. The van der Waals surface area contributed by atoms with Gasteiger partial charge in [0.2, 0.25) is 0 Å². The molecule has 0 aliphatic rings. The molecule has 0 N–H and O–H groups in total. The van der Waals surface area contributed by atoms with Gasteiger partial charge in [-0.2, -0.15) is 0 Å². The monoisotopic (exact) mass is 313 g/mol. The summed E-state index contributed by atoms with van der Waals surface area (Å²) in [5.74, 6) is 1.08. The summed E-state index contributed by atoms with van der Waals surface area (Å²) in [6.45, 7) is 2.67. The van der Waals surface area contributed by atoms with Crippen LogP contribution in [0.25, 0.3) is 0 Å². The van der Waals surface area contributed by atoms with Gasteiger partial charge in [0.25, 0.3) is 5.91 Å². The Hall–Kier alpha value is -2.49. The zero-order valence-corrected chi connectivity index (χ0v) is 14.1. The van der Waals surface area contributed by atoms with E-state index in [1.54, 1.807) is 44.4 Å². The number of carbonyl (C=O) groups excluding carboxylic acids is 1. The van der Waals surface area contributed by atoms with Crippen molar-refractivity contribution < 1.29 is 14.3 Å². The molecule has 0 unspecified atom stereocenters. The molecule has 23 heavy (non-hydrogen) atoms. The van der Waals surface area contributed by atoms with Gasteiger partial charge in [0, 0.05) is 13.6 Å². The standard InChI is InChI=1S/C19H23NO3/c1-5-14-6-8-15(9-7-14)13-20(2)19(21)17-12-16(22-3)10-11-18(17)23-4/h6-12H,5,13H2,1-4H3. The third-order valence-electron chi connectivity index (χ3n) is 3.83. The number of benzene rings is 2. The molecule has 4 heteroatoms. The molecular weight excluding hydrogens is 290 g/mol. The van der Waals surface area contributed by atoms with Crippen LogP contribution in [0.1, 0.15) is 28.4 Å². The Balaban J connectivity index is 2.18. The van der Waals surface area contributed by atoms with E-state index in [1.807, 2.05) is 0 Å². The molecule has 0 aromatic heterocycles. The molecule has 4 nitrogen and oxygen atoms in total. The molecule has 0 aliphatic carbocycles. The Morgan fingerprint density at radius 3 is 2.22 bits per heavy atom. The van der Waals surface area contributed by atoms with E-state index in [0.717, 1.165) is 12.0 Å². The fourth-order valence-corrected chi connectivity index (χ4v) is 2.41. The van der Waals surface area contributed by atoms with Crippen molar-refractivity contribution in [1.82, 2.24) is 4.90 Å². The molecule has 2 aromatic rings. The predicted molar refractivity (Wildman–Crippen MR) is 91.2 cm³/mol. The van der Waals surface area contributed by atoms with Crippen LogP contribution >= 0.6 is 0 Å². The highest BCUT2D eigenvalue weighted by molar-refractivity contribution is 5.97. The number of ether oxygens (including phenoxy) is 2. The number of rotatable bonds is 6. The maximum atomic E-state index is 12.7. The van der Waals surface area contributed by atoms with Crippen molar-refractivity contribution in [2.24, 2.45) is 0 Å². The fraction of sp³-hybridized carbons (Fsp3) is 0.316. The average molecular weight is 313 g/mol. The molecule has 0 radical (unpaired) electrons. The Labute approximate surface area is 137 Å². The number of hydrogen-bond donors (Lipinski definition) is 0. The van der Waals surface area contributed by atoms with Crippen LogP contribution in [0, 0.1) is 0 Å². The molecule has 0 fully saturated rings. The van der Waals surface area contributed by atoms with E-state index >= 15 is 0 Å². The smallest absolute Gasteiger partial charge is 0.257 e. The quantitative estimate of drug-likeness (QED) is 0.819. The number of carbonyl (C=O) groups is 1. The van der Waals surface area contributed by atoms with Crippen molar-refractivity contribution in [3.05, 3.63) is 59.2 Å². The summed E-state index contributed by atoms with van der Waals surface area (Å²) in [7, 11) is 4.92. The number of nitrogens with zero attached hydrogens (tertiary/aromatic N) is 1. The zero-order valence-electron chi connectivity index (χ0n) is 14.1. The van der Waals surface area contributed by atoms with Crippen molar-refractivity contribution in [2.75, 3.05) is 21.3 Å². The van der Waals surface area contributed by atoms with Crippen molar-refractivity contribution >= 4 is 5.91 Å². The highest BCUT2D eigenvalue weighted by Gasteiger charge is 2.18. The second kappa shape index (κ2) is 7.68. The first-order chi connectivity index (χ1) is 11.1. The second-order valence-electron chi connectivity index (χ2n) is 5.40. The Kier molecular flexibility index (Phi) is 5.63. The van der Waals surface area contributed by atoms with E-state index in [-0.39, 0.29) is 5.91 Å². The lowest BCUT2D eigenvalue weighted by atomic mass is 10.1. The van der Waals surface area contributed by atoms with E-state index in [0.29, 0.717) is 23.6 Å². The largest absolute Gasteiger partial charge is 0.497 e. The highest BCUT2D eigenvalue weighted by atomic mass is 16.5. The first-order valence-electron chi connectivity index (χ1n) is 7.64. The van der Waals surface area contributed by atoms with Crippen LogP contribution in [0.15, 0.2) is 42.5 Å². The summed E-state index contributed by atoms with van der Waals surface area (Å²) >= 11 is 0. The summed E-state index contributed by atoms with van der Waals surface area (Å²) in [4.78, 5) is 14.4. The van der Waals surface area contributed by atoms with Crippen LogP contribution in [-0.4, -0.2) is 32.1 Å². The molecule has 0 bridgehead atoms. The first-order valence-corrected chi connectivity index (χ1v) is 7.64. The maximum Gasteiger partial charge on any atom is 0.257 e. The van der Waals surface area contributed by atoms with E-state index in [2.05, 4.69) is 31.2 Å². The lowest BCUT2D eigenvalue weighted by Crippen LogP contribution is -2.26. The van der Waals surface area contributed by atoms with E-state index in [4.69, 9.17) is 9.47 Å². The Morgan fingerprint density at radius 1 is 1.00 bits per heavy atom. The van der Waals surface area contributed by atoms with Gasteiger partial charge in [0.15, 0.2) is 0 Å². The summed E-state index contributed by atoms with van der Waals surface area (Å²) in [5, 5.41) is 0. The Bertz CT molecular complexity index is 665. The van der Waals surface area contributed by atoms with Crippen molar-refractivity contribution in [1.29, 1.82) is 0 Å². The fourth-order valence-electron chi connectivity index (χ4n) is 2.41. The van der Waals surface area contributed by atoms with Crippen LogP contribution in [0.5, 0.6) is 11.5 Å². The SMILES string of the molecule is CCc1ccc(CN(C)C(=O)c2cc(OC)ccc2OC)cc1. The highest BCUT2D eigenvalue weighted by Crippen LogP contribution is 2.25. The van der Waals surface area contributed by atoms with Gasteiger partial charge in [-0.15, -0.1) is 0 Å². The van der Waals surface area contributed by atoms with Gasteiger partial charge >= 0.3 is 0 Å². The van der Waals surface area contributed by atoms with Crippen molar-refractivity contribution in [3.63, 3.8) is 0 Å². The molecule has 2 aromatic carbocycles.